The first-order chi connectivity index (χ1) is 9.11. The van der Waals surface area contributed by atoms with Gasteiger partial charge >= 0.3 is 0 Å². The number of carbonyl (C=O) groups is 1. The van der Waals surface area contributed by atoms with Crippen LogP contribution in [-0.2, 0) is 4.74 Å². The van der Waals surface area contributed by atoms with Crippen LogP contribution in [-0.4, -0.2) is 37.6 Å². The summed E-state index contributed by atoms with van der Waals surface area (Å²) in [5.74, 6) is -0.192. The van der Waals surface area contributed by atoms with Gasteiger partial charge in [-0.05, 0) is 37.0 Å². The number of amides is 1. The first-order valence-corrected chi connectivity index (χ1v) is 7.14. The Morgan fingerprint density at radius 1 is 1.47 bits per heavy atom. The van der Waals surface area contributed by atoms with E-state index in [0.29, 0.717) is 23.5 Å². The van der Waals surface area contributed by atoms with E-state index in [0.717, 1.165) is 19.4 Å². The topological polar surface area (TPSA) is 29.5 Å². The number of carbonyl (C=O) groups excluding carboxylic acids is 1. The van der Waals surface area contributed by atoms with Gasteiger partial charge in [0.15, 0.2) is 0 Å². The highest BCUT2D eigenvalue weighted by Crippen LogP contribution is 2.21. The van der Waals surface area contributed by atoms with Gasteiger partial charge in [-0.25, -0.2) is 4.39 Å². The van der Waals surface area contributed by atoms with E-state index in [-0.39, 0.29) is 11.5 Å². The van der Waals surface area contributed by atoms with Crippen LogP contribution in [0.2, 0.25) is 0 Å². The van der Waals surface area contributed by atoms with Gasteiger partial charge in [0, 0.05) is 31.3 Å². The van der Waals surface area contributed by atoms with E-state index < -0.39 is 5.82 Å². The summed E-state index contributed by atoms with van der Waals surface area (Å²) in [5.41, 5.74) is 0.147. The molecule has 0 saturated carbocycles. The van der Waals surface area contributed by atoms with Crippen LogP contribution in [0.25, 0.3) is 0 Å². The van der Waals surface area contributed by atoms with Gasteiger partial charge in [0.05, 0.1) is 5.56 Å². The summed E-state index contributed by atoms with van der Waals surface area (Å²) in [6, 6.07) is 4.54. The summed E-state index contributed by atoms with van der Waals surface area (Å²) in [6.07, 6.45) is 1.83. The number of ether oxygens (including phenoxy) is 1. The van der Waals surface area contributed by atoms with Crippen molar-refractivity contribution in [1.29, 1.82) is 0 Å². The number of halogens is 2. The molecule has 19 heavy (non-hydrogen) atoms. The summed E-state index contributed by atoms with van der Waals surface area (Å²) in [7, 11) is 1.69. The maximum absolute atomic E-state index is 13.8. The normalized spacial score (nSPS) is 16.7. The zero-order chi connectivity index (χ0) is 13.8. The highest BCUT2D eigenvalue weighted by Gasteiger charge is 2.25. The average Bonchev–Trinajstić information content (AvgIpc) is 2.39. The fourth-order valence-electron chi connectivity index (χ4n) is 2.37. The minimum atomic E-state index is -0.474. The molecule has 1 aromatic rings. The standard InChI is InChI=1S/C14H17BrFNO2/c1-19-9-10-4-6-17(7-5-10)14(18)12-3-2-11(15)8-13(12)16/h2-3,8,10H,4-7,9H2,1H3. The average molecular weight is 330 g/mol. The second kappa shape index (κ2) is 6.48. The number of benzene rings is 1. The molecule has 0 atom stereocenters. The highest BCUT2D eigenvalue weighted by molar-refractivity contribution is 9.10. The number of likely N-dealkylation sites (tertiary alicyclic amines) is 1. The van der Waals surface area contributed by atoms with Crippen molar-refractivity contribution in [3.8, 4) is 0 Å². The van der Waals surface area contributed by atoms with Crippen LogP contribution < -0.4 is 0 Å². The van der Waals surface area contributed by atoms with E-state index in [1.54, 1.807) is 18.1 Å². The lowest BCUT2D eigenvalue weighted by Crippen LogP contribution is -2.39. The third-order valence-corrected chi connectivity index (χ3v) is 3.96. The fourth-order valence-corrected chi connectivity index (χ4v) is 2.70. The highest BCUT2D eigenvalue weighted by atomic mass is 79.9. The van der Waals surface area contributed by atoms with Gasteiger partial charge in [-0.1, -0.05) is 15.9 Å². The Kier molecular flexibility index (Phi) is 4.93. The molecule has 0 spiro atoms. The van der Waals surface area contributed by atoms with Gasteiger partial charge in [-0.3, -0.25) is 4.79 Å². The SMILES string of the molecule is COCC1CCN(C(=O)c2ccc(Br)cc2F)CC1. The lowest BCUT2D eigenvalue weighted by molar-refractivity contribution is 0.0609. The number of nitrogens with zero attached hydrogens (tertiary/aromatic N) is 1. The fraction of sp³-hybridized carbons (Fsp3) is 0.500. The number of hydrogen-bond donors (Lipinski definition) is 0. The molecule has 0 bridgehead atoms. The van der Waals surface area contributed by atoms with Gasteiger partial charge in [0.2, 0.25) is 0 Å². The zero-order valence-corrected chi connectivity index (χ0v) is 12.5. The van der Waals surface area contributed by atoms with Crippen LogP contribution >= 0.6 is 15.9 Å². The van der Waals surface area contributed by atoms with Crippen molar-refractivity contribution < 1.29 is 13.9 Å². The Morgan fingerprint density at radius 3 is 2.74 bits per heavy atom. The van der Waals surface area contributed by atoms with Gasteiger partial charge in [-0.15, -0.1) is 0 Å². The molecule has 0 radical (unpaired) electrons. The maximum Gasteiger partial charge on any atom is 0.256 e. The van der Waals surface area contributed by atoms with E-state index >= 15 is 0 Å². The summed E-state index contributed by atoms with van der Waals surface area (Å²) in [6.45, 7) is 2.07. The van der Waals surface area contributed by atoms with Crippen molar-refractivity contribution in [2.75, 3.05) is 26.8 Å². The van der Waals surface area contributed by atoms with E-state index in [9.17, 15) is 9.18 Å². The van der Waals surface area contributed by atoms with Crippen molar-refractivity contribution in [3.05, 3.63) is 34.1 Å². The molecule has 0 aliphatic carbocycles. The van der Waals surface area contributed by atoms with Crippen LogP contribution in [0, 0.1) is 11.7 Å². The molecule has 1 aliphatic heterocycles. The molecule has 5 heteroatoms. The van der Waals surface area contributed by atoms with Crippen molar-refractivity contribution in [1.82, 2.24) is 4.90 Å². The molecular formula is C14H17BrFNO2. The quantitative estimate of drug-likeness (QED) is 0.852. The second-order valence-corrected chi connectivity index (χ2v) is 5.73. The number of piperidine rings is 1. The van der Waals surface area contributed by atoms with Gasteiger partial charge in [0.1, 0.15) is 5.82 Å². The van der Waals surface area contributed by atoms with E-state index in [2.05, 4.69) is 15.9 Å². The van der Waals surface area contributed by atoms with Crippen LogP contribution in [0.15, 0.2) is 22.7 Å². The summed E-state index contributed by atoms with van der Waals surface area (Å²) in [4.78, 5) is 14.0. The molecule has 1 fully saturated rings. The number of rotatable bonds is 3. The number of hydrogen-bond acceptors (Lipinski definition) is 2. The molecule has 1 heterocycles. The molecule has 2 rings (SSSR count). The summed E-state index contributed by atoms with van der Waals surface area (Å²) >= 11 is 3.19. The largest absolute Gasteiger partial charge is 0.384 e. The first-order valence-electron chi connectivity index (χ1n) is 6.35. The van der Waals surface area contributed by atoms with Crippen LogP contribution in [0.4, 0.5) is 4.39 Å². The number of methoxy groups -OCH3 is 1. The Morgan fingerprint density at radius 2 is 2.16 bits per heavy atom. The monoisotopic (exact) mass is 329 g/mol. The minimum absolute atomic E-state index is 0.147. The Hall–Kier alpha value is -0.940. The molecule has 1 amide bonds. The molecule has 1 saturated heterocycles. The predicted molar refractivity (Wildman–Crippen MR) is 74.6 cm³/mol. The van der Waals surface area contributed by atoms with Crippen LogP contribution in [0.3, 0.4) is 0 Å². The van der Waals surface area contributed by atoms with Crippen molar-refractivity contribution in [2.45, 2.75) is 12.8 Å². The second-order valence-electron chi connectivity index (χ2n) is 4.82. The maximum atomic E-state index is 13.8. The Balaban J connectivity index is 2.01. The molecule has 1 aliphatic rings. The molecule has 0 aromatic heterocycles. The smallest absolute Gasteiger partial charge is 0.256 e. The molecule has 0 unspecified atom stereocenters. The lowest BCUT2D eigenvalue weighted by atomic mass is 9.97. The van der Waals surface area contributed by atoms with E-state index in [1.165, 1.54) is 12.1 Å². The molecule has 1 aromatic carbocycles. The zero-order valence-electron chi connectivity index (χ0n) is 10.9. The summed E-state index contributed by atoms with van der Waals surface area (Å²) in [5, 5.41) is 0. The Bertz CT molecular complexity index is 459. The van der Waals surface area contributed by atoms with E-state index in [1.807, 2.05) is 0 Å². The molecule has 104 valence electrons. The van der Waals surface area contributed by atoms with Crippen LogP contribution in [0.1, 0.15) is 23.2 Å². The van der Waals surface area contributed by atoms with Crippen molar-refractivity contribution >= 4 is 21.8 Å². The molecular weight excluding hydrogens is 313 g/mol. The summed E-state index contributed by atoms with van der Waals surface area (Å²) < 4.78 is 19.5. The minimum Gasteiger partial charge on any atom is -0.384 e. The molecule has 3 nitrogen and oxygen atoms in total. The van der Waals surface area contributed by atoms with Crippen LogP contribution in [0.5, 0.6) is 0 Å². The van der Waals surface area contributed by atoms with Crippen molar-refractivity contribution in [2.24, 2.45) is 5.92 Å². The first kappa shape index (κ1) is 14.5. The predicted octanol–water partition coefficient (Wildman–Crippen LogP) is 3.09. The lowest BCUT2D eigenvalue weighted by Gasteiger charge is -2.31. The Labute approximate surface area is 120 Å². The van der Waals surface area contributed by atoms with E-state index in [4.69, 9.17) is 4.74 Å². The van der Waals surface area contributed by atoms with Gasteiger partial charge in [0.25, 0.3) is 5.91 Å². The third-order valence-electron chi connectivity index (χ3n) is 3.47. The van der Waals surface area contributed by atoms with Gasteiger partial charge in [-0.2, -0.15) is 0 Å². The third kappa shape index (κ3) is 3.54. The molecule has 0 N–H and O–H groups in total. The van der Waals surface area contributed by atoms with Crippen molar-refractivity contribution in [3.63, 3.8) is 0 Å². The van der Waals surface area contributed by atoms with Gasteiger partial charge < -0.3 is 9.64 Å².